The van der Waals surface area contributed by atoms with Gasteiger partial charge in [-0.25, -0.2) is 8.42 Å². The Morgan fingerprint density at radius 2 is 1.73 bits per heavy atom. The topological polar surface area (TPSA) is 98.1 Å². The maximum atomic E-state index is 12.2. The molecule has 0 aliphatic heterocycles. The Balaban J connectivity index is 1.64. The molecule has 0 unspecified atom stereocenters. The Morgan fingerprint density at radius 3 is 2.50 bits per heavy atom. The fourth-order valence-corrected chi connectivity index (χ4v) is 3.73. The van der Waals surface area contributed by atoms with Gasteiger partial charge in [0.2, 0.25) is 11.3 Å². The molecule has 0 aliphatic carbocycles. The summed E-state index contributed by atoms with van der Waals surface area (Å²) in [7, 11) is -3.45. The van der Waals surface area contributed by atoms with Crippen molar-refractivity contribution in [3.63, 3.8) is 0 Å². The Morgan fingerprint density at radius 1 is 1.04 bits per heavy atom. The number of amides is 1. The largest absolute Gasteiger partial charge is 0.353 e. The molecule has 1 aromatic heterocycles. The normalized spacial score (nSPS) is 11.4. The van der Waals surface area contributed by atoms with Crippen LogP contribution in [0.4, 0.5) is 0 Å². The van der Waals surface area contributed by atoms with Gasteiger partial charge in [0.1, 0.15) is 6.54 Å². The standard InChI is InChI=1S/C18H17N3O4S/c22-17-12-20-21(16-9-5-4-8-15(16)17)13-18(23)19-10-11-26(24,25)14-6-2-1-3-7-14/h1-9,12H,10-11,13H2,(H,19,23). The molecule has 0 spiro atoms. The van der Waals surface area contributed by atoms with Gasteiger partial charge in [-0.15, -0.1) is 0 Å². The van der Waals surface area contributed by atoms with Gasteiger partial charge in [0.15, 0.2) is 9.84 Å². The maximum Gasteiger partial charge on any atom is 0.241 e. The van der Waals surface area contributed by atoms with E-state index in [9.17, 15) is 18.0 Å². The van der Waals surface area contributed by atoms with Crippen LogP contribution in [0.2, 0.25) is 0 Å². The summed E-state index contributed by atoms with van der Waals surface area (Å²) in [6.45, 7) is -0.111. The van der Waals surface area contributed by atoms with Gasteiger partial charge in [-0.3, -0.25) is 14.3 Å². The highest BCUT2D eigenvalue weighted by Gasteiger charge is 2.14. The minimum absolute atomic E-state index is 0.00576. The van der Waals surface area contributed by atoms with Gasteiger partial charge in [0.05, 0.1) is 22.4 Å². The molecule has 0 atom stereocenters. The SMILES string of the molecule is O=C(Cn1ncc(=O)c2ccccc21)NCCS(=O)(=O)c1ccccc1. The fraction of sp³-hybridized carbons (Fsp3) is 0.167. The molecule has 1 amide bonds. The number of benzene rings is 2. The third-order valence-corrected chi connectivity index (χ3v) is 5.58. The minimum atomic E-state index is -3.45. The monoisotopic (exact) mass is 371 g/mol. The van der Waals surface area contributed by atoms with Gasteiger partial charge in [-0.2, -0.15) is 5.10 Å². The lowest BCUT2D eigenvalue weighted by atomic mass is 10.2. The van der Waals surface area contributed by atoms with Crippen LogP contribution >= 0.6 is 0 Å². The van der Waals surface area contributed by atoms with Crippen molar-refractivity contribution in [2.45, 2.75) is 11.4 Å². The van der Waals surface area contributed by atoms with E-state index in [0.717, 1.165) is 6.20 Å². The summed E-state index contributed by atoms with van der Waals surface area (Å²) in [6.07, 6.45) is 1.16. The number of hydrogen-bond donors (Lipinski definition) is 1. The first-order valence-electron chi connectivity index (χ1n) is 7.97. The molecule has 3 rings (SSSR count). The number of rotatable bonds is 6. The van der Waals surface area contributed by atoms with E-state index in [-0.39, 0.29) is 35.1 Å². The molecule has 0 fully saturated rings. The van der Waals surface area contributed by atoms with Crippen molar-refractivity contribution in [2.75, 3.05) is 12.3 Å². The average Bonchev–Trinajstić information content (AvgIpc) is 2.65. The number of nitrogens with zero attached hydrogens (tertiary/aromatic N) is 2. The van der Waals surface area contributed by atoms with Crippen LogP contribution in [-0.2, 0) is 21.2 Å². The van der Waals surface area contributed by atoms with E-state index in [2.05, 4.69) is 10.4 Å². The third kappa shape index (κ3) is 3.97. The molecule has 2 aromatic carbocycles. The first-order chi connectivity index (χ1) is 12.5. The second kappa shape index (κ2) is 7.49. The number of nitrogens with one attached hydrogen (secondary N) is 1. The van der Waals surface area contributed by atoms with Crippen LogP contribution in [0.15, 0.2) is 70.5 Å². The smallest absolute Gasteiger partial charge is 0.241 e. The molecule has 0 saturated carbocycles. The minimum Gasteiger partial charge on any atom is -0.353 e. The van der Waals surface area contributed by atoms with Crippen LogP contribution in [0.3, 0.4) is 0 Å². The van der Waals surface area contributed by atoms with Crippen molar-refractivity contribution >= 4 is 26.6 Å². The van der Waals surface area contributed by atoms with Gasteiger partial charge in [0.25, 0.3) is 0 Å². The van der Waals surface area contributed by atoms with Crippen molar-refractivity contribution < 1.29 is 13.2 Å². The predicted octanol–water partition coefficient (Wildman–Crippen LogP) is 0.987. The fourth-order valence-electron chi connectivity index (χ4n) is 2.55. The lowest BCUT2D eigenvalue weighted by Gasteiger charge is -2.10. The molecule has 26 heavy (non-hydrogen) atoms. The molecule has 0 aliphatic rings. The quantitative estimate of drug-likeness (QED) is 0.697. The van der Waals surface area contributed by atoms with Crippen molar-refractivity contribution in [2.24, 2.45) is 0 Å². The zero-order valence-corrected chi connectivity index (χ0v) is 14.6. The van der Waals surface area contributed by atoms with E-state index in [0.29, 0.717) is 10.9 Å². The summed E-state index contributed by atoms with van der Waals surface area (Å²) in [5, 5.41) is 7.03. The number of aromatic nitrogens is 2. The third-order valence-electron chi connectivity index (χ3n) is 3.85. The molecule has 0 saturated heterocycles. The van der Waals surface area contributed by atoms with Crippen LogP contribution in [-0.4, -0.2) is 36.4 Å². The van der Waals surface area contributed by atoms with Gasteiger partial charge in [-0.1, -0.05) is 30.3 Å². The van der Waals surface area contributed by atoms with Crippen LogP contribution in [0, 0.1) is 0 Å². The van der Waals surface area contributed by atoms with Gasteiger partial charge in [0, 0.05) is 11.9 Å². The van der Waals surface area contributed by atoms with E-state index in [4.69, 9.17) is 0 Å². The van der Waals surface area contributed by atoms with E-state index in [1.54, 1.807) is 42.5 Å². The highest BCUT2D eigenvalue weighted by atomic mass is 32.2. The summed E-state index contributed by atoms with van der Waals surface area (Å²) in [5.74, 6) is -0.573. The molecule has 7 nitrogen and oxygen atoms in total. The maximum absolute atomic E-state index is 12.2. The number of fused-ring (bicyclic) bond motifs is 1. The number of sulfone groups is 1. The summed E-state index contributed by atoms with van der Waals surface area (Å²) >= 11 is 0. The Kier molecular flexibility index (Phi) is 5.13. The molecule has 0 bridgehead atoms. The van der Waals surface area contributed by atoms with E-state index < -0.39 is 9.84 Å². The van der Waals surface area contributed by atoms with Crippen LogP contribution < -0.4 is 10.7 Å². The molecular formula is C18H17N3O4S. The van der Waals surface area contributed by atoms with Gasteiger partial charge < -0.3 is 5.32 Å². The second-order valence-electron chi connectivity index (χ2n) is 5.67. The van der Waals surface area contributed by atoms with Gasteiger partial charge >= 0.3 is 0 Å². The molecule has 3 aromatic rings. The summed E-state index contributed by atoms with van der Waals surface area (Å²) in [4.78, 5) is 24.1. The first-order valence-corrected chi connectivity index (χ1v) is 9.62. The molecular weight excluding hydrogens is 354 g/mol. The molecule has 1 heterocycles. The van der Waals surface area contributed by atoms with Gasteiger partial charge in [-0.05, 0) is 24.3 Å². The number of hydrogen-bond acceptors (Lipinski definition) is 5. The van der Waals surface area contributed by atoms with Crippen molar-refractivity contribution in [1.29, 1.82) is 0 Å². The average molecular weight is 371 g/mol. The first kappa shape index (κ1) is 17.8. The summed E-state index contributed by atoms with van der Waals surface area (Å²) in [6, 6.07) is 14.9. The molecule has 134 valence electrons. The number of para-hydroxylation sites is 1. The zero-order valence-electron chi connectivity index (χ0n) is 13.8. The lowest BCUT2D eigenvalue weighted by molar-refractivity contribution is -0.121. The van der Waals surface area contributed by atoms with Crippen molar-refractivity contribution in [1.82, 2.24) is 15.1 Å². The van der Waals surface area contributed by atoms with Crippen molar-refractivity contribution in [3.05, 3.63) is 71.0 Å². The number of carbonyl (C=O) groups excluding carboxylic acids is 1. The van der Waals surface area contributed by atoms with Crippen LogP contribution in [0.5, 0.6) is 0 Å². The lowest BCUT2D eigenvalue weighted by Crippen LogP contribution is -2.32. The summed E-state index contributed by atoms with van der Waals surface area (Å²) < 4.78 is 25.8. The Labute approximate surface area is 150 Å². The highest BCUT2D eigenvalue weighted by Crippen LogP contribution is 2.09. The number of carbonyl (C=O) groups is 1. The van der Waals surface area contributed by atoms with E-state index in [1.165, 1.54) is 16.8 Å². The second-order valence-corrected chi connectivity index (χ2v) is 7.77. The van der Waals surface area contributed by atoms with Crippen LogP contribution in [0.1, 0.15) is 0 Å². The Bertz CT molecular complexity index is 1090. The van der Waals surface area contributed by atoms with Crippen molar-refractivity contribution in [3.8, 4) is 0 Å². The van der Waals surface area contributed by atoms with Crippen LogP contribution in [0.25, 0.3) is 10.9 Å². The zero-order chi connectivity index (χ0) is 18.6. The predicted molar refractivity (Wildman–Crippen MR) is 97.5 cm³/mol. The summed E-state index contributed by atoms with van der Waals surface area (Å²) in [5.41, 5.74) is 0.332. The van der Waals surface area contributed by atoms with E-state index in [1.807, 2.05) is 0 Å². The molecule has 1 N–H and O–H groups in total. The van der Waals surface area contributed by atoms with E-state index >= 15 is 0 Å². The Hall–Kier alpha value is -3.00. The highest BCUT2D eigenvalue weighted by molar-refractivity contribution is 7.91. The molecule has 8 heteroatoms. The molecule has 0 radical (unpaired) electrons.